The van der Waals surface area contributed by atoms with Crippen LogP contribution in [-0.4, -0.2) is 17.8 Å². The Bertz CT molecular complexity index is 58.3. The molecule has 2 nitrogen and oxygen atoms in total. The van der Waals surface area contributed by atoms with Crippen molar-refractivity contribution >= 4 is 0 Å². The van der Waals surface area contributed by atoms with Crippen LogP contribution in [0.4, 0.5) is 0 Å². The molecule has 0 fully saturated rings. The van der Waals surface area contributed by atoms with Crippen molar-refractivity contribution in [2.45, 2.75) is 45.1 Å². The van der Waals surface area contributed by atoms with Crippen molar-refractivity contribution < 1.29 is 5.11 Å². The maximum absolute atomic E-state index is 8.49. The van der Waals surface area contributed by atoms with Crippen LogP contribution in [0.15, 0.2) is 0 Å². The van der Waals surface area contributed by atoms with E-state index in [4.69, 9.17) is 10.8 Å². The van der Waals surface area contributed by atoms with Crippen LogP contribution in [0, 0.1) is 0 Å². The van der Waals surface area contributed by atoms with Crippen molar-refractivity contribution in [1.29, 1.82) is 0 Å². The second kappa shape index (κ2) is 7.03. The van der Waals surface area contributed by atoms with Gasteiger partial charge in [0.1, 0.15) is 0 Å². The fourth-order valence-electron chi connectivity index (χ4n) is 0.964. The molecule has 0 radical (unpaired) electrons. The molecule has 1 atom stereocenters. The van der Waals surface area contributed by atoms with Crippen LogP contribution in [-0.2, 0) is 0 Å². The summed E-state index contributed by atoms with van der Waals surface area (Å²) in [5.74, 6) is 0. The lowest BCUT2D eigenvalue weighted by Gasteiger charge is -2.08. The van der Waals surface area contributed by atoms with E-state index in [0.29, 0.717) is 6.04 Å². The van der Waals surface area contributed by atoms with Crippen LogP contribution < -0.4 is 5.73 Å². The van der Waals surface area contributed by atoms with Gasteiger partial charge in [-0.25, -0.2) is 0 Å². The van der Waals surface area contributed by atoms with Crippen LogP contribution in [0.3, 0.4) is 0 Å². The summed E-state index contributed by atoms with van der Waals surface area (Å²) in [5.41, 5.74) is 5.73. The summed E-state index contributed by atoms with van der Waals surface area (Å²) >= 11 is 0. The molecule has 0 aromatic heterocycles. The first-order valence-electron chi connectivity index (χ1n) is 4.17. The smallest absolute Gasteiger partial charge is 0.0431 e. The monoisotopic (exact) mass is 145 g/mol. The Hall–Kier alpha value is -0.0800. The maximum Gasteiger partial charge on any atom is 0.0431 e. The van der Waals surface area contributed by atoms with Crippen LogP contribution in [0.25, 0.3) is 0 Å². The topological polar surface area (TPSA) is 46.2 Å². The third kappa shape index (κ3) is 6.05. The molecular formula is C8H19NO. The van der Waals surface area contributed by atoms with Crippen molar-refractivity contribution in [2.24, 2.45) is 5.73 Å². The molecule has 62 valence electrons. The Kier molecular flexibility index (Phi) is 6.98. The highest BCUT2D eigenvalue weighted by Gasteiger charge is 1.99. The van der Waals surface area contributed by atoms with E-state index in [1.165, 1.54) is 12.8 Å². The molecule has 0 aromatic rings. The van der Waals surface area contributed by atoms with Crippen LogP contribution >= 0.6 is 0 Å². The highest BCUT2D eigenvalue weighted by atomic mass is 16.2. The van der Waals surface area contributed by atoms with Gasteiger partial charge in [0.05, 0.1) is 0 Å². The summed E-state index contributed by atoms with van der Waals surface area (Å²) in [4.78, 5) is 0. The largest absolute Gasteiger partial charge is 0.396 e. The highest BCUT2D eigenvalue weighted by molar-refractivity contribution is 4.59. The first-order chi connectivity index (χ1) is 4.81. The normalized spacial score (nSPS) is 13.5. The molecule has 0 aliphatic heterocycles. The third-order valence-corrected chi connectivity index (χ3v) is 1.66. The quantitative estimate of drug-likeness (QED) is 0.591. The van der Waals surface area contributed by atoms with E-state index >= 15 is 0 Å². The minimum atomic E-state index is 0.278. The molecule has 0 aliphatic carbocycles. The molecule has 0 saturated carbocycles. The number of unbranched alkanes of at least 4 members (excludes halogenated alkanes) is 1. The van der Waals surface area contributed by atoms with Crippen LogP contribution in [0.2, 0.25) is 0 Å². The lowest BCUT2D eigenvalue weighted by atomic mass is 10.1. The van der Waals surface area contributed by atoms with Crippen molar-refractivity contribution in [1.82, 2.24) is 0 Å². The minimum Gasteiger partial charge on any atom is -0.396 e. The number of hydrogen-bond donors (Lipinski definition) is 2. The Labute approximate surface area is 63.4 Å². The predicted octanol–water partition coefficient (Wildman–Crippen LogP) is 1.28. The number of rotatable bonds is 6. The lowest BCUT2D eigenvalue weighted by molar-refractivity contribution is 0.278. The van der Waals surface area contributed by atoms with Crippen LogP contribution in [0.5, 0.6) is 0 Å². The highest BCUT2D eigenvalue weighted by Crippen LogP contribution is 2.03. The van der Waals surface area contributed by atoms with Gasteiger partial charge in [0.15, 0.2) is 0 Å². The molecule has 0 rings (SSSR count). The van der Waals surface area contributed by atoms with Crippen LogP contribution in [0.1, 0.15) is 39.0 Å². The van der Waals surface area contributed by atoms with Gasteiger partial charge in [-0.2, -0.15) is 0 Å². The average Bonchev–Trinajstić information content (AvgIpc) is 1.97. The van der Waals surface area contributed by atoms with E-state index in [9.17, 15) is 0 Å². The van der Waals surface area contributed by atoms with E-state index in [2.05, 4.69) is 6.92 Å². The van der Waals surface area contributed by atoms with Gasteiger partial charge < -0.3 is 10.8 Å². The molecule has 0 amide bonds. The molecule has 0 bridgehead atoms. The molecule has 3 N–H and O–H groups in total. The third-order valence-electron chi connectivity index (χ3n) is 1.66. The molecule has 2 heteroatoms. The first-order valence-corrected chi connectivity index (χ1v) is 4.17. The SMILES string of the molecule is CCCC[C@H](N)CCCO. The molecule has 10 heavy (non-hydrogen) atoms. The Morgan fingerprint density at radius 3 is 2.40 bits per heavy atom. The second-order valence-electron chi connectivity index (χ2n) is 2.77. The van der Waals surface area contributed by atoms with E-state index in [0.717, 1.165) is 19.3 Å². The zero-order chi connectivity index (χ0) is 7.82. The van der Waals surface area contributed by atoms with Crippen molar-refractivity contribution in [3.63, 3.8) is 0 Å². The average molecular weight is 145 g/mol. The minimum absolute atomic E-state index is 0.278. The molecule has 0 saturated heterocycles. The van der Waals surface area contributed by atoms with Gasteiger partial charge in [0.25, 0.3) is 0 Å². The predicted molar refractivity (Wildman–Crippen MR) is 43.8 cm³/mol. The summed E-state index contributed by atoms with van der Waals surface area (Å²) in [6.45, 7) is 2.44. The molecule has 0 aliphatic rings. The summed E-state index contributed by atoms with van der Waals surface area (Å²) < 4.78 is 0. The van der Waals surface area contributed by atoms with Crippen molar-refractivity contribution in [3.8, 4) is 0 Å². The van der Waals surface area contributed by atoms with E-state index in [1.807, 2.05) is 0 Å². The van der Waals surface area contributed by atoms with E-state index < -0.39 is 0 Å². The van der Waals surface area contributed by atoms with Gasteiger partial charge in [0, 0.05) is 12.6 Å². The molecule has 0 heterocycles. The van der Waals surface area contributed by atoms with Crippen molar-refractivity contribution in [2.75, 3.05) is 6.61 Å². The zero-order valence-corrected chi connectivity index (χ0v) is 6.84. The number of aliphatic hydroxyl groups is 1. The van der Waals surface area contributed by atoms with Gasteiger partial charge in [-0.1, -0.05) is 19.8 Å². The first kappa shape index (κ1) is 9.92. The fraction of sp³-hybridized carbons (Fsp3) is 1.00. The summed E-state index contributed by atoms with van der Waals surface area (Å²) in [6, 6.07) is 0.312. The second-order valence-corrected chi connectivity index (χ2v) is 2.77. The Morgan fingerprint density at radius 2 is 1.90 bits per heavy atom. The maximum atomic E-state index is 8.49. The van der Waals surface area contributed by atoms with Gasteiger partial charge in [-0.15, -0.1) is 0 Å². The van der Waals surface area contributed by atoms with Gasteiger partial charge in [0.2, 0.25) is 0 Å². The summed E-state index contributed by atoms with van der Waals surface area (Å²) in [6.07, 6.45) is 5.36. The van der Waals surface area contributed by atoms with E-state index in [-0.39, 0.29) is 6.61 Å². The Morgan fingerprint density at radius 1 is 1.30 bits per heavy atom. The van der Waals surface area contributed by atoms with Crippen molar-refractivity contribution in [3.05, 3.63) is 0 Å². The molecule has 0 aromatic carbocycles. The fourth-order valence-corrected chi connectivity index (χ4v) is 0.964. The Balaban J connectivity index is 3.00. The zero-order valence-electron chi connectivity index (χ0n) is 6.84. The molecule has 0 unspecified atom stereocenters. The van der Waals surface area contributed by atoms with Gasteiger partial charge >= 0.3 is 0 Å². The number of nitrogens with two attached hydrogens (primary N) is 1. The number of aliphatic hydroxyl groups excluding tert-OH is 1. The summed E-state index contributed by atoms with van der Waals surface area (Å²) in [5, 5.41) is 8.49. The standard InChI is InChI=1S/C8H19NO/c1-2-3-5-8(9)6-4-7-10/h8,10H,2-7,9H2,1H3/t8-/m0/s1. The van der Waals surface area contributed by atoms with Gasteiger partial charge in [-0.3, -0.25) is 0 Å². The lowest BCUT2D eigenvalue weighted by Crippen LogP contribution is -2.19. The summed E-state index contributed by atoms with van der Waals surface area (Å²) in [7, 11) is 0. The molecule has 0 spiro atoms. The number of hydrogen-bond acceptors (Lipinski definition) is 2. The van der Waals surface area contributed by atoms with Gasteiger partial charge in [-0.05, 0) is 19.3 Å². The van der Waals surface area contributed by atoms with E-state index in [1.54, 1.807) is 0 Å². The molecular weight excluding hydrogens is 126 g/mol.